The lowest BCUT2D eigenvalue weighted by Gasteiger charge is -2.28. The maximum absolute atomic E-state index is 12.4. The second-order valence-corrected chi connectivity index (χ2v) is 10.4. The Morgan fingerprint density at radius 2 is 1.32 bits per heavy atom. The summed E-state index contributed by atoms with van der Waals surface area (Å²) < 4.78 is 27.6. The maximum atomic E-state index is 12.4. The molecular formula is C24H33N3O3S. The molecule has 0 heterocycles. The average molecular weight is 444 g/mol. The topological polar surface area (TPSA) is 87.3 Å². The molecule has 3 rings (SSSR count). The van der Waals surface area contributed by atoms with Crippen LogP contribution in [0.1, 0.15) is 42.4 Å². The Morgan fingerprint density at radius 3 is 1.90 bits per heavy atom. The number of sulfonamides is 1. The van der Waals surface area contributed by atoms with E-state index in [1.807, 2.05) is 50.2 Å². The van der Waals surface area contributed by atoms with Crippen LogP contribution in [0.5, 0.6) is 0 Å². The minimum Gasteiger partial charge on any atom is -0.338 e. The van der Waals surface area contributed by atoms with Gasteiger partial charge in [0.2, 0.25) is 10.0 Å². The first-order valence-electron chi connectivity index (χ1n) is 11.0. The lowest BCUT2D eigenvalue weighted by Crippen LogP contribution is -2.39. The molecule has 6 nitrogen and oxygen atoms in total. The van der Waals surface area contributed by atoms with E-state index in [2.05, 4.69) is 15.4 Å². The van der Waals surface area contributed by atoms with Crippen LogP contribution in [0.15, 0.2) is 53.4 Å². The van der Waals surface area contributed by atoms with Crippen molar-refractivity contribution in [1.29, 1.82) is 0 Å². The number of hydrogen-bond donors (Lipinski definition) is 3. The van der Waals surface area contributed by atoms with E-state index in [4.69, 9.17) is 0 Å². The zero-order valence-corrected chi connectivity index (χ0v) is 19.2. The van der Waals surface area contributed by atoms with E-state index in [0.29, 0.717) is 36.4 Å². The summed E-state index contributed by atoms with van der Waals surface area (Å²) in [7, 11) is -3.46. The summed E-state index contributed by atoms with van der Waals surface area (Å²) in [5, 5.41) is 5.87. The van der Waals surface area contributed by atoms with Gasteiger partial charge in [-0.2, -0.15) is 0 Å². The number of aryl methyl sites for hydroxylation is 2. The van der Waals surface area contributed by atoms with E-state index in [9.17, 15) is 13.2 Å². The molecule has 1 fully saturated rings. The smallest absolute Gasteiger partial charge is 0.315 e. The number of nitrogens with one attached hydrogen (secondary N) is 3. The highest BCUT2D eigenvalue weighted by atomic mass is 32.2. The van der Waals surface area contributed by atoms with Gasteiger partial charge in [-0.15, -0.1) is 0 Å². The van der Waals surface area contributed by atoms with E-state index in [-0.39, 0.29) is 6.03 Å². The fourth-order valence-corrected chi connectivity index (χ4v) is 4.97. The molecule has 0 radical (unpaired) electrons. The molecule has 0 atom stereocenters. The van der Waals surface area contributed by atoms with E-state index in [0.717, 1.165) is 36.8 Å². The normalized spacial score (nSPS) is 19.0. The highest BCUT2D eigenvalue weighted by molar-refractivity contribution is 7.89. The van der Waals surface area contributed by atoms with Crippen molar-refractivity contribution in [3.63, 3.8) is 0 Å². The van der Waals surface area contributed by atoms with Crippen molar-refractivity contribution in [1.82, 2.24) is 15.4 Å². The fourth-order valence-electron chi connectivity index (χ4n) is 3.86. The molecule has 1 saturated carbocycles. The number of rotatable bonds is 8. The van der Waals surface area contributed by atoms with Crippen molar-refractivity contribution in [2.24, 2.45) is 11.8 Å². The molecule has 1 aliphatic carbocycles. The number of benzene rings is 2. The van der Waals surface area contributed by atoms with Crippen LogP contribution in [-0.4, -0.2) is 27.5 Å². The summed E-state index contributed by atoms with van der Waals surface area (Å²) in [5.41, 5.74) is 3.32. The van der Waals surface area contributed by atoms with Crippen molar-refractivity contribution in [2.45, 2.75) is 51.0 Å². The van der Waals surface area contributed by atoms with Crippen molar-refractivity contribution >= 4 is 16.1 Å². The number of hydrogen-bond acceptors (Lipinski definition) is 3. The molecule has 2 aromatic carbocycles. The fraction of sp³-hybridized carbons (Fsp3) is 0.458. The third-order valence-electron chi connectivity index (χ3n) is 5.98. The van der Waals surface area contributed by atoms with Gasteiger partial charge >= 0.3 is 6.03 Å². The number of amides is 2. The summed E-state index contributed by atoms with van der Waals surface area (Å²) in [6, 6.07) is 14.9. The van der Waals surface area contributed by atoms with E-state index in [1.54, 1.807) is 12.1 Å². The molecule has 2 aromatic rings. The zero-order valence-electron chi connectivity index (χ0n) is 18.4. The van der Waals surface area contributed by atoms with Gasteiger partial charge in [-0.3, -0.25) is 0 Å². The van der Waals surface area contributed by atoms with Gasteiger partial charge in [0.1, 0.15) is 0 Å². The van der Waals surface area contributed by atoms with Crippen molar-refractivity contribution < 1.29 is 13.2 Å². The van der Waals surface area contributed by atoms with Crippen LogP contribution < -0.4 is 15.4 Å². The quantitative estimate of drug-likeness (QED) is 0.578. The van der Waals surface area contributed by atoms with Crippen LogP contribution in [0.2, 0.25) is 0 Å². The van der Waals surface area contributed by atoms with Crippen LogP contribution >= 0.6 is 0 Å². The summed E-state index contributed by atoms with van der Waals surface area (Å²) in [6.07, 6.45) is 3.92. The zero-order chi connectivity index (χ0) is 22.3. The number of urea groups is 1. The van der Waals surface area contributed by atoms with Crippen LogP contribution in [0.4, 0.5) is 4.79 Å². The molecule has 31 heavy (non-hydrogen) atoms. The second kappa shape index (κ2) is 10.8. The molecule has 0 unspecified atom stereocenters. The molecule has 2 amide bonds. The van der Waals surface area contributed by atoms with Crippen LogP contribution in [0.25, 0.3) is 0 Å². The monoisotopic (exact) mass is 443 g/mol. The molecule has 0 bridgehead atoms. The highest BCUT2D eigenvalue weighted by Crippen LogP contribution is 2.28. The minimum atomic E-state index is -3.46. The number of carbonyl (C=O) groups excluding carboxylic acids is 1. The molecule has 1 aliphatic rings. The average Bonchev–Trinajstić information content (AvgIpc) is 2.77. The maximum Gasteiger partial charge on any atom is 0.315 e. The van der Waals surface area contributed by atoms with Crippen LogP contribution in [0, 0.1) is 25.7 Å². The molecule has 0 saturated heterocycles. The molecule has 7 heteroatoms. The summed E-state index contributed by atoms with van der Waals surface area (Å²) >= 11 is 0. The third-order valence-corrected chi connectivity index (χ3v) is 7.42. The molecular weight excluding hydrogens is 410 g/mol. The van der Waals surface area contributed by atoms with E-state index < -0.39 is 10.0 Å². The Labute approximate surface area is 185 Å². The third kappa shape index (κ3) is 7.36. The van der Waals surface area contributed by atoms with Gasteiger partial charge in [0.05, 0.1) is 4.90 Å². The highest BCUT2D eigenvalue weighted by Gasteiger charge is 2.23. The Hall–Kier alpha value is -2.38. The van der Waals surface area contributed by atoms with Crippen molar-refractivity contribution in [3.05, 3.63) is 65.2 Å². The van der Waals surface area contributed by atoms with E-state index in [1.165, 1.54) is 5.56 Å². The van der Waals surface area contributed by atoms with Gasteiger partial charge in [-0.1, -0.05) is 47.5 Å². The Kier molecular flexibility index (Phi) is 8.09. The summed E-state index contributed by atoms with van der Waals surface area (Å²) in [4.78, 5) is 12.4. The summed E-state index contributed by atoms with van der Waals surface area (Å²) in [6.45, 7) is 5.61. The summed E-state index contributed by atoms with van der Waals surface area (Å²) in [5.74, 6) is 0.780. The number of carbonyl (C=O) groups is 1. The van der Waals surface area contributed by atoms with E-state index >= 15 is 0 Å². The first-order chi connectivity index (χ1) is 14.8. The molecule has 3 N–H and O–H groups in total. The molecule has 168 valence electrons. The molecule has 0 aliphatic heterocycles. The Morgan fingerprint density at radius 1 is 0.806 bits per heavy atom. The lowest BCUT2D eigenvalue weighted by molar-refractivity contribution is 0.230. The SMILES string of the molecule is Cc1ccc(CNC(=O)NCC2CCC(CNS(=O)(=O)c3ccc(C)cc3)CC2)cc1. The van der Waals surface area contributed by atoms with Crippen LogP contribution in [-0.2, 0) is 16.6 Å². The second-order valence-electron chi connectivity index (χ2n) is 8.60. The van der Waals surface area contributed by atoms with Gasteiger partial charge < -0.3 is 10.6 Å². The van der Waals surface area contributed by atoms with Gasteiger partial charge in [-0.25, -0.2) is 17.9 Å². The Bertz CT molecular complexity index is 949. The van der Waals surface area contributed by atoms with Gasteiger partial charge in [0.15, 0.2) is 0 Å². The predicted molar refractivity (Wildman–Crippen MR) is 123 cm³/mol. The first-order valence-corrected chi connectivity index (χ1v) is 12.4. The lowest BCUT2D eigenvalue weighted by atomic mass is 9.82. The Balaban J connectivity index is 1.33. The van der Waals surface area contributed by atoms with Gasteiger partial charge in [0, 0.05) is 19.6 Å². The van der Waals surface area contributed by atoms with Gasteiger partial charge in [-0.05, 0) is 69.1 Å². The predicted octanol–water partition coefficient (Wildman–Crippen LogP) is 3.89. The standard InChI is InChI=1S/C24H33N3O3S/c1-18-3-7-20(8-4-18)15-25-24(28)26-16-21-9-11-22(12-10-21)17-27-31(29,30)23-13-5-19(2)6-14-23/h3-8,13-14,21-22,27H,9-12,15-17H2,1-2H3,(H2,25,26,28). The van der Waals surface area contributed by atoms with Gasteiger partial charge in [0.25, 0.3) is 0 Å². The molecule has 0 aromatic heterocycles. The minimum absolute atomic E-state index is 0.145. The first kappa shape index (κ1) is 23.3. The van der Waals surface area contributed by atoms with Crippen molar-refractivity contribution in [3.8, 4) is 0 Å². The molecule has 0 spiro atoms. The van der Waals surface area contributed by atoms with Crippen molar-refractivity contribution in [2.75, 3.05) is 13.1 Å². The largest absolute Gasteiger partial charge is 0.338 e. The van der Waals surface area contributed by atoms with Crippen LogP contribution in [0.3, 0.4) is 0 Å².